The van der Waals surface area contributed by atoms with Gasteiger partial charge in [-0.25, -0.2) is 8.42 Å². The number of anilines is 1. The normalized spacial score (nSPS) is 12.7. The van der Waals surface area contributed by atoms with Gasteiger partial charge in [-0.1, -0.05) is 61.5 Å². The van der Waals surface area contributed by atoms with E-state index >= 15 is 0 Å². The first-order chi connectivity index (χ1) is 19.0. The lowest BCUT2D eigenvalue weighted by molar-refractivity contribution is -0.384. The van der Waals surface area contributed by atoms with E-state index in [9.17, 15) is 28.1 Å². The van der Waals surface area contributed by atoms with Crippen molar-refractivity contribution in [2.45, 2.75) is 50.6 Å². The SMILES string of the molecule is CC[C@@H](C)NC(=O)[C@@H](C)N(CCc1ccccc1)C(=O)CN(c1cccc([N+](=O)[O-])c1)S(=O)(=O)c1ccccc1. The Morgan fingerprint density at radius 2 is 1.57 bits per heavy atom. The Morgan fingerprint density at radius 3 is 2.17 bits per heavy atom. The fourth-order valence-corrected chi connectivity index (χ4v) is 5.47. The first-order valence-electron chi connectivity index (χ1n) is 13.0. The molecule has 212 valence electrons. The van der Waals surface area contributed by atoms with E-state index in [1.165, 1.54) is 35.2 Å². The van der Waals surface area contributed by atoms with Crippen LogP contribution in [0, 0.1) is 10.1 Å². The first kappa shape index (κ1) is 30.3. The van der Waals surface area contributed by atoms with Crippen molar-refractivity contribution in [1.82, 2.24) is 10.2 Å². The molecule has 0 spiro atoms. The van der Waals surface area contributed by atoms with Gasteiger partial charge < -0.3 is 10.2 Å². The van der Waals surface area contributed by atoms with Gasteiger partial charge in [0.15, 0.2) is 0 Å². The van der Waals surface area contributed by atoms with Gasteiger partial charge in [-0.2, -0.15) is 0 Å². The summed E-state index contributed by atoms with van der Waals surface area (Å²) in [5.74, 6) is -0.975. The third-order valence-electron chi connectivity index (χ3n) is 6.59. The van der Waals surface area contributed by atoms with Gasteiger partial charge in [-0.3, -0.25) is 24.0 Å². The average molecular weight is 567 g/mol. The van der Waals surface area contributed by atoms with Crippen LogP contribution in [0.3, 0.4) is 0 Å². The number of rotatable bonds is 13. The summed E-state index contributed by atoms with van der Waals surface area (Å²) in [6.07, 6.45) is 1.14. The van der Waals surface area contributed by atoms with E-state index in [4.69, 9.17) is 0 Å². The van der Waals surface area contributed by atoms with E-state index in [2.05, 4.69) is 5.32 Å². The number of nitro groups is 1. The Hall–Kier alpha value is -4.25. The van der Waals surface area contributed by atoms with Crippen LogP contribution >= 0.6 is 0 Å². The molecule has 0 fully saturated rings. The number of nitrogens with zero attached hydrogens (tertiary/aromatic N) is 3. The number of sulfonamides is 1. The van der Waals surface area contributed by atoms with Crippen molar-refractivity contribution in [2.75, 3.05) is 17.4 Å². The molecular weight excluding hydrogens is 532 g/mol. The van der Waals surface area contributed by atoms with Gasteiger partial charge in [0, 0.05) is 24.7 Å². The summed E-state index contributed by atoms with van der Waals surface area (Å²) in [7, 11) is -4.30. The number of carbonyl (C=O) groups excluding carboxylic acids is 2. The number of nitro benzene ring substituents is 1. The average Bonchev–Trinajstić information content (AvgIpc) is 2.96. The molecule has 11 heteroatoms. The van der Waals surface area contributed by atoms with Crippen molar-refractivity contribution in [3.63, 3.8) is 0 Å². The maximum atomic E-state index is 13.9. The Bertz CT molecular complexity index is 1420. The molecule has 2 atom stereocenters. The van der Waals surface area contributed by atoms with E-state index in [1.807, 2.05) is 44.2 Å². The highest BCUT2D eigenvalue weighted by atomic mass is 32.2. The predicted molar refractivity (Wildman–Crippen MR) is 153 cm³/mol. The third kappa shape index (κ3) is 7.66. The van der Waals surface area contributed by atoms with Gasteiger partial charge in [0.1, 0.15) is 12.6 Å². The topological polar surface area (TPSA) is 130 Å². The molecule has 0 aromatic heterocycles. The van der Waals surface area contributed by atoms with Gasteiger partial charge in [0.2, 0.25) is 11.8 Å². The highest BCUT2D eigenvalue weighted by Gasteiger charge is 2.33. The van der Waals surface area contributed by atoms with Gasteiger partial charge in [0.25, 0.3) is 15.7 Å². The smallest absolute Gasteiger partial charge is 0.271 e. The fourth-order valence-electron chi connectivity index (χ4n) is 4.05. The lowest BCUT2D eigenvalue weighted by Gasteiger charge is -2.32. The Balaban J connectivity index is 2.00. The van der Waals surface area contributed by atoms with Crippen molar-refractivity contribution >= 4 is 33.2 Å². The molecule has 0 aliphatic rings. The van der Waals surface area contributed by atoms with E-state index in [-0.39, 0.29) is 34.8 Å². The minimum Gasteiger partial charge on any atom is -0.352 e. The van der Waals surface area contributed by atoms with Crippen LogP contribution in [0.1, 0.15) is 32.8 Å². The van der Waals surface area contributed by atoms with Crippen molar-refractivity contribution in [1.29, 1.82) is 0 Å². The van der Waals surface area contributed by atoms with Gasteiger partial charge in [-0.15, -0.1) is 0 Å². The molecule has 0 unspecified atom stereocenters. The molecule has 0 bridgehead atoms. The molecule has 1 N–H and O–H groups in total. The number of carbonyl (C=O) groups is 2. The van der Waals surface area contributed by atoms with Gasteiger partial charge >= 0.3 is 0 Å². The number of amides is 2. The molecule has 2 amide bonds. The molecule has 40 heavy (non-hydrogen) atoms. The molecule has 0 aliphatic carbocycles. The second-order valence-corrected chi connectivity index (χ2v) is 11.3. The summed E-state index contributed by atoms with van der Waals surface area (Å²) >= 11 is 0. The molecule has 0 aliphatic heterocycles. The molecule has 0 saturated carbocycles. The maximum Gasteiger partial charge on any atom is 0.271 e. The number of nitrogens with one attached hydrogen (secondary N) is 1. The summed E-state index contributed by atoms with van der Waals surface area (Å²) in [6, 6.07) is 21.1. The lowest BCUT2D eigenvalue weighted by atomic mass is 10.1. The zero-order valence-corrected chi connectivity index (χ0v) is 23.6. The predicted octanol–water partition coefficient (Wildman–Crippen LogP) is 4.16. The van der Waals surface area contributed by atoms with Gasteiger partial charge in [0.05, 0.1) is 15.5 Å². The van der Waals surface area contributed by atoms with Crippen molar-refractivity contribution in [2.24, 2.45) is 0 Å². The van der Waals surface area contributed by atoms with Crippen LogP contribution in [0.15, 0.2) is 89.8 Å². The summed E-state index contributed by atoms with van der Waals surface area (Å²) in [4.78, 5) is 39.0. The number of hydrogen-bond acceptors (Lipinski definition) is 6. The summed E-state index contributed by atoms with van der Waals surface area (Å²) in [5, 5.41) is 14.3. The second kappa shape index (κ2) is 13.7. The molecule has 0 heterocycles. The van der Waals surface area contributed by atoms with Crippen molar-refractivity contribution < 1.29 is 22.9 Å². The summed E-state index contributed by atoms with van der Waals surface area (Å²) in [5.41, 5.74) is 0.592. The highest BCUT2D eigenvalue weighted by molar-refractivity contribution is 7.92. The Labute approximate surface area is 234 Å². The van der Waals surface area contributed by atoms with Crippen LogP contribution in [0.25, 0.3) is 0 Å². The minimum atomic E-state index is -4.30. The van der Waals surface area contributed by atoms with E-state index < -0.39 is 33.4 Å². The van der Waals surface area contributed by atoms with Crippen molar-refractivity contribution in [3.8, 4) is 0 Å². The Morgan fingerprint density at radius 1 is 0.950 bits per heavy atom. The zero-order chi connectivity index (χ0) is 29.3. The molecule has 3 aromatic rings. The van der Waals surface area contributed by atoms with Crippen LogP contribution in [0.5, 0.6) is 0 Å². The molecule has 0 saturated heterocycles. The minimum absolute atomic E-state index is 0.0360. The van der Waals surface area contributed by atoms with Crippen molar-refractivity contribution in [3.05, 3.63) is 101 Å². The summed E-state index contributed by atoms with van der Waals surface area (Å²) in [6.45, 7) is 4.89. The van der Waals surface area contributed by atoms with Gasteiger partial charge in [-0.05, 0) is 50.5 Å². The molecule has 0 radical (unpaired) electrons. The van der Waals surface area contributed by atoms with E-state index in [0.717, 1.165) is 15.9 Å². The summed E-state index contributed by atoms with van der Waals surface area (Å²) < 4.78 is 28.3. The number of hydrogen-bond donors (Lipinski definition) is 1. The standard InChI is InChI=1S/C29H34N4O6S/c1-4-22(2)30-29(35)23(3)31(19-18-24-12-7-5-8-13-24)28(34)21-32(25-14-11-15-26(20-25)33(36)37)40(38,39)27-16-9-6-10-17-27/h5-17,20,22-23H,4,18-19,21H2,1-3H3,(H,30,35)/t22-,23-/m1/s1. The lowest BCUT2D eigenvalue weighted by Crippen LogP contribution is -2.53. The monoisotopic (exact) mass is 566 g/mol. The van der Waals surface area contributed by atoms with E-state index in [0.29, 0.717) is 12.8 Å². The van der Waals surface area contributed by atoms with Crippen LogP contribution in [-0.2, 0) is 26.0 Å². The maximum absolute atomic E-state index is 13.9. The molecule has 3 aromatic carbocycles. The quantitative estimate of drug-likeness (QED) is 0.244. The van der Waals surface area contributed by atoms with Crippen LogP contribution in [-0.4, -0.2) is 55.2 Å². The Kier molecular flexibility index (Phi) is 10.4. The third-order valence-corrected chi connectivity index (χ3v) is 8.38. The van der Waals surface area contributed by atoms with Crippen LogP contribution < -0.4 is 9.62 Å². The fraction of sp³-hybridized carbons (Fsp3) is 0.310. The van der Waals surface area contributed by atoms with E-state index in [1.54, 1.807) is 25.1 Å². The van der Waals surface area contributed by atoms with Crippen LogP contribution in [0.2, 0.25) is 0 Å². The van der Waals surface area contributed by atoms with Crippen LogP contribution in [0.4, 0.5) is 11.4 Å². The molecular formula is C29H34N4O6S. The molecule has 3 rings (SSSR count). The number of non-ortho nitro benzene ring substituents is 1. The molecule has 10 nitrogen and oxygen atoms in total. The second-order valence-electron chi connectivity index (χ2n) is 9.42. The first-order valence-corrected chi connectivity index (χ1v) is 14.4. The largest absolute Gasteiger partial charge is 0.352 e. The number of benzene rings is 3. The zero-order valence-electron chi connectivity index (χ0n) is 22.8. The highest BCUT2D eigenvalue weighted by Crippen LogP contribution is 2.27.